The summed E-state index contributed by atoms with van der Waals surface area (Å²) in [4.78, 5) is 15.2. The van der Waals surface area contributed by atoms with E-state index in [1.165, 1.54) is 25.9 Å². The molecular weight excluding hydrogens is 352 g/mol. The van der Waals surface area contributed by atoms with Crippen molar-refractivity contribution in [1.29, 1.82) is 0 Å². The first kappa shape index (κ1) is 22.7. The van der Waals surface area contributed by atoms with Crippen LogP contribution in [0.2, 0.25) is 0 Å². The van der Waals surface area contributed by atoms with E-state index in [9.17, 15) is 4.79 Å². The summed E-state index contributed by atoms with van der Waals surface area (Å²) in [5.41, 5.74) is -0.0216. The summed E-state index contributed by atoms with van der Waals surface area (Å²) in [5.74, 6) is 1.56. The Kier molecular flexibility index (Phi) is 9.26. The molecule has 0 aliphatic carbocycles. The third kappa shape index (κ3) is 7.10. The van der Waals surface area contributed by atoms with Gasteiger partial charge >= 0.3 is 0 Å². The van der Waals surface area contributed by atoms with Crippen molar-refractivity contribution in [3.63, 3.8) is 0 Å². The van der Waals surface area contributed by atoms with Crippen LogP contribution in [0.4, 0.5) is 5.69 Å². The number of carbonyl (C=O) groups is 1. The first-order valence-electron chi connectivity index (χ1n) is 10.9. The Bertz CT molecular complexity index is 582. The molecule has 1 N–H and O–H groups in total. The van der Waals surface area contributed by atoms with Crippen molar-refractivity contribution in [2.24, 2.45) is 5.92 Å². The zero-order chi connectivity index (χ0) is 20.4. The summed E-state index contributed by atoms with van der Waals surface area (Å²) in [6.07, 6.45) is 5.31. The van der Waals surface area contributed by atoms with Gasteiger partial charge in [-0.1, -0.05) is 20.3 Å². The van der Waals surface area contributed by atoms with E-state index in [1.54, 1.807) is 0 Å². The molecule has 1 heterocycles. The molecule has 28 heavy (non-hydrogen) atoms. The number of hydrogen-bond donors (Lipinski definition) is 1. The average molecular weight is 391 g/mol. The number of carbonyl (C=O) groups excluding carboxylic acids is 1. The molecule has 1 fully saturated rings. The highest BCUT2D eigenvalue weighted by Gasteiger charge is 2.32. The smallest absolute Gasteiger partial charge is 0.256 e. The molecule has 1 saturated heterocycles. The quantitative estimate of drug-likeness (QED) is 0.556. The normalized spacial score (nSPS) is 19.8. The number of amides is 1. The van der Waals surface area contributed by atoms with Crippen LogP contribution in [0, 0.1) is 5.92 Å². The van der Waals surface area contributed by atoms with Crippen molar-refractivity contribution < 1.29 is 14.3 Å². The van der Waals surface area contributed by atoms with Gasteiger partial charge in [0.05, 0.1) is 6.61 Å². The Morgan fingerprint density at radius 1 is 1.29 bits per heavy atom. The minimum Gasteiger partial charge on any atom is -0.494 e. The zero-order valence-corrected chi connectivity index (χ0v) is 18.1. The summed E-state index contributed by atoms with van der Waals surface area (Å²) < 4.78 is 11.6. The Hall–Kier alpha value is -1.59. The van der Waals surface area contributed by atoms with Gasteiger partial charge in [-0.15, -0.1) is 0 Å². The number of nitrogens with one attached hydrogen (secondary N) is 1. The molecule has 1 amide bonds. The number of benzene rings is 1. The van der Waals surface area contributed by atoms with Gasteiger partial charge in [0.25, 0.3) is 5.91 Å². The fourth-order valence-electron chi connectivity index (χ4n) is 3.91. The van der Waals surface area contributed by atoms with Crippen molar-refractivity contribution in [1.82, 2.24) is 4.90 Å². The Morgan fingerprint density at radius 2 is 2.04 bits per heavy atom. The maximum atomic E-state index is 12.6. The SMILES string of the molecule is CCC[C@@](C)(OCC)C(=O)Nc1ccc(OCCCN2CCC[C@H](C)C2)cc1. The zero-order valence-electron chi connectivity index (χ0n) is 18.1. The molecule has 0 bridgehead atoms. The maximum Gasteiger partial charge on any atom is 0.256 e. The van der Waals surface area contributed by atoms with Crippen LogP contribution in [0.3, 0.4) is 0 Å². The van der Waals surface area contributed by atoms with Gasteiger partial charge < -0.3 is 19.7 Å². The lowest BCUT2D eigenvalue weighted by atomic mass is 9.99. The highest BCUT2D eigenvalue weighted by Crippen LogP contribution is 2.22. The van der Waals surface area contributed by atoms with Gasteiger partial charge in [0.1, 0.15) is 11.4 Å². The highest BCUT2D eigenvalue weighted by atomic mass is 16.5. The van der Waals surface area contributed by atoms with Gasteiger partial charge in [0, 0.05) is 25.4 Å². The third-order valence-electron chi connectivity index (χ3n) is 5.41. The number of likely N-dealkylation sites (tertiary alicyclic amines) is 1. The van der Waals surface area contributed by atoms with Gasteiger partial charge in [-0.3, -0.25) is 4.79 Å². The maximum absolute atomic E-state index is 12.6. The summed E-state index contributed by atoms with van der Waals surface area (Å²) in [6.45, 7) is 12.9. The molecule has 0 unspecified atom stereocenters. The van der Waals surface area contributed by atoms with Crippen molar-refractivity contribution in [2.75, 3.05) is 38.2 Å². The fraction of sp³-hybridized carbons (Fsp3) is 0.696. The second-order valence-electron chi connectivity index (χ2n) is 8.14. The van der Waals surface area contributed by atoms with E-state index >= 15 is 0 Å². The standard InChI is InChI=1S/C23H38N2O3/c1-5-14-23(4,28-6-2)22(26)24-20-10-12-21(13-11-20)27-17-8-16-25-15-7-9-19(3)18-25/h10-13,19H,5-9,14-18H2,1-4H3,(H,24,26)/t19-,23+/m0/s1. The minimum atomic E-state index is -0.787. The predicted molar refractivity (Wildman–Crippen MR) is 115 cm³/mol. The molecule has 5 nitrogen and oxygen atoms in total. The first-order valence-corrected chi connectivity index (χ1v) is 10.9. The van der Waals surface area contributed by atoms with E-state index in [0.29, 0.717) is 13.0 Å². The number of anilines is 1. The van der Waals surface area contributed by atoms with E-state index < -0.39 is 5.60 Å². The van der Waals surface area contributed by atoms with E-state index in [2.05, 4.69) is 24.1 Å². The van der Waals surface area contributed by atoms with Crippen LogP contribution in [0.5, 0.6) is 5.75 Å². The van der Waals surface area contributed by atoms with Crippen LogP contribution < -0.4 is 10.1 Å². The van der Waals surface area contributed by atoms with Crippen LogP contribution in [0.25, 0.3) is 0 Å². The summed E-state index contributed by atoms with van der Waals surface area (Å²) in [7, 11) is 0. The molecule has 0 aromatic heterocycles. The van der Waals surface area contributed by atoms with Gasteiger partial charge in [0.2, 0.25) is 0 Å². The molecule has 1 aliphatic heterocycles. The predicted octanol–water partition coefficient (Wildman–Crippen LogP) is 4.72. The molecule has 1 aromatic carbocycles. The van der Waals surface area contributed by atoms with Crippen LogP contribution in [-0.2, 0) is 9.53 Å². The lowest BCUT2D eigenvalue weighted by Crippen LogP contribution is -2.42. The van der Waals surface area contributed by atoms with Crippen LogP contribution in [-0.4, -0.2) is 49.3 Å². The van der Waals surface area contributed by atoms with E-state index in [4.69, 9.17) is 9.47 Å². The number of ether oxygens (including phenoxy) is 2. The topological polar surface area (TPSA) is 50.8 Å². The Morgan fingerprint density at radius 3 is 2.68 bits per heavy atom. The minimum absolute atomic E-state index is 0.0966. The van der Waals surface area contributed by atoms with Gasteiger partial charge in [0.15, 0.2) is 0 Å². The monoisotopic (exact) mass is 390 g/mol. The largest absolute Gasteiger partial charge is 0.494 e. The van der Waals surface area contributed by atoms with E-state index in [-0.39, 0.29) is 5.91 Å². The first-order chi connectivity index (χ1) is 13.5. The molecule has 0 spiro atoms. The van der Waals surface area contributed by atoms with Crippen LogP contribution >= 0.6 is 0 Å². The summed E-state index contributed by atoms with van der Waals surface area (Å²) in [5, 5.41) is 2.97. The highest BCUT2D eigenvalue weighted by molar-refractivity contribution is 5.97. The van der Waals surface area contributed by atoms with Gasteiger partial charge in [-0.25, -0.2) is 0 Å². The molecule has 0 saturated carbocycles. The van der Waals surface area contributed by atoms with Crippen molar-refractivity contribution >= 4 is 11.6 Å². The molecular formula is C23H38N2O3. The van der Waals surface area contributed by atoms with Crippen molar-refractivity contribution in [2.45, 2.75) is 65.4 Å². The Labute approximate surface area is 170 Å². The number of hydrogen-bond acceptors (Lipinski definition) is 4. The Balaban J connectivity index is 1.75. The molecule has 2 atom stereocenters. The summed E-state index contributed by atoms with van der Waals surface area (Å²) in [6, 6.07) is 7.60. The van der Waals surface area contributed by atoms with Crippen molar-refractivity contribution in [3.05, 3.63) is 24.3 Å². The van der Waals surface area contributed by atoms with E-state index in [0.717, 1.165) is 43.3 Å². The second-order valence-corrected chi connectivity index (χ2v) is 8.14. The molecule has 2 rings (SSSR count). The molecule has 1 aliphatic rings. The van der Waals surface area contributed by atoms with E-state index in [1.807, 2.05) is 38.1 Å². The van der Waals surface area contributed by atoms with Crippen LogP contribution in [0.15, 0.2) is 24.3 Å². The van der Waals surface area contributed by atoms with Gasteiger partial charge in [-0.05, 0) is 76.3 Å². The molecule has 1 aromatic rings. The summed E-state index contributed by atoms with van der Waals surface area (Å²) >= 11 is 0. The number of rotatable bonds is 11. The molecule has 0 radical (unpaired) electrons. The lowest BCUT2D eigenvalue weighted by molar-refractivity contribution is -0.139. The third-order valence-corrected chi connectivity index (χ3v) is 5.41. The second kappa shape index (κ2) is 11.4. The van der Waals surface area contributed by atoms with Crippen molar-refractivity contribution in [3.8, 4) is 5.75 Å². The number of piperidine rings is 1. The number of nitrogens with zero attached hydrogens (tertiary/aromatic N) is 1. The fourth-order valence-corrected chi connectivity index (χ4v) is 3.91. The lowest BCUT2D eigenvalue weighted by Gasteiger charge is -2.30. The average Bonchev–Trinajstić information content (AvgIpc) is 2.67. The molecule has 5 heteroatoms. The molecule has 158 valence electrons. The van der Waals surface area contributed by atoms with Gasteiger partial charge in [-0.2, -0.15) is 0 Å². The van der Waals surface area contributed by atoms with Crippen LogP contribution in [0.1, 0.15) is 59.8 Å².